The van der Waals surface area contributed by atoms with Crippen LogP contribution in [0.2, 0.25) is 0 Å². The van der Waals surface area contributed by atoms with Gasteiger partial charge >= 0.3 is 6.03 Å². The van der Waals surface area contributed by atoms with Crippen molar-refractivity contribution in [3.8, 4) is 0 Å². The number of carbonyl (C=O) groups excluding carboxylic acids is 2. The Morgan fingerprint density at radius 2 is 1.92 bits per heavy atom. The number of fused-ring (bicyclic) bond motifs is 3. The zero-order chi connectivity index (χ0) is 17.7. The van der Waals surface area contributed by atoms with Crippen LogP contribution in [0.25, 0.3) is 0 Å². The van der Waals surface area contributed by atoms with Crippen LogP contribution in [0.5, 0.6) is 0 Å². The van der Waals surface area contributed by atoms with Gasteiger partial charge in [-0.25, -0.2) is 9.69 Å². The molecule has 3 amide bonds. The van der Waals surface area contributed by atoms with E-state index in [1.54, 1.807) is 19.0 Å². The third-order valence-corrected chi connectivity index (χ3v) is 5.17. The summed E-state index contributed by atoms with van der Waals surface area (Å²) < 4.78 is 0. The molecule has 0 bridgehead atoms. The molecule has 132 valence electrons. The van der Waals surface area contributed by atoms with Crippen LogP contribution in [0.4, 0.5) is 4.79 Å². The summed E-state index contributed by atoms with van der Waals surface area (Å²) in [5, 5.41) is 10.1. The maximum absolute atomic E-state index is 12.8. The zero-order valence-corrected chi connectivity index (χ0v) is 14.6. The predicted molar refractivity (Wildman–Crippen MR) is 92.5 cm³/mol. The largest absolute Gasteiger partial charge is 0.327 e. The summed E-state index contributed by atoms with van der Waals surface area (Å²) in [5.41, 5.74) is 1.97. The van der Waals surface area contributed by atoms with Gasteiger partial charge in [0.2, 0.25) is 0 Å². The van der Waals surface area contributed by atoms with Crippen LogP contribution in [0, 0.1) is 0 Å². The van der Waals surface area contributed by atoms with Crippen molar-refractivity contribution in [2.24, 2.45) is 5.10 Å². The van der Waals surface area contributed by atoms with Gasteiger partial charge in [0.15, 0.2) is 6.29 Å². The highest BCUT2D eigenvalue weighted by molar-refractivity contribution is 6.04. The predicted octanol–water partition coefficient (Wildman–Crippen LogP) is 0.134. The van der Waals surface area contributed by atoms with Gasteiger partial charge in [-0.15, -0.1) is 0 Å². The molecule has 0 aliphatic carbocycles. The van der Waals surface area contributed by atoms with E-state index >= 15 is 0 Å². The molecule has 1 aromatic carbocycles. The van der Waals surface area contributed by atoms with E-state index in [2.05, 4.69) is 10.2 Å². The average Bonchev–Trinajstić information content (AvgIpc) is 3.04. The minimum Gasteiger partial charge on any atom is -0.310 e. The highest BCUT2D eigenvalue weighted by Gasteiger charge is 2.55. The van der Waals surface area contributed by atoms with E-state index in [0.29, 0.717) is 13.1 Å². The fraction of sp³-hybridized carbons (Fsp3) is 0.471. The maximum atomic E-state index is 12.8. The fourth-order valence-electron chi connectivity index (χ4n) is 3.80. The second-order valence-electron chi connectivity index (χ2n) is 6.56. The summed E-state index contributed by atoms with van der Waals surface area (Å²) in [4.78, 5) is 29.9. The number of rotatable bonds is 2. The fourth-order valence-corrected chi connectivity index (χ4v) is 3.80. The summed E-state index contributed by atoms with van der Waals surface area (Å²) in [6, 6.07) is 9.29. The van der Waals surface area contributed by atoms with E-state index in [1.807, 2.05) is 42.3 Å². The molecule has 0 saturated carbocycles. The molecule has 0 aromatic heterocycles. The van der Waals surface area contributed by atoms with Crippen molar-refractivity contribution in [2.75, 3.05) is 27.2 Å². The van der Waals surface area contributed by atoms with Crippen LogP contribution in [0.1, 0.15) is 12.5 Å². The SMILES string of the molecule is CCN1N=C(c2ccccc2)CN2C3C(=O)N(C)C(=O)N(C)C3NC12. The number of carbonyl (C=O) groups is 2. The van der Waals surface area contributed by atoms with Gasteiger partial charge in [0.05, 0.1) is 5.71 Å². The molecule has 25 heavy (non-hydrogen) atoms. The van der Waals surface area contributed by atoms with E-state index in [9.17, 15) is 9.59 Å². The van der Waals surface area contributed by atoms with Gasteiger partial charge in [0.1, 0.15) is 12.2 Å². The number of hydrazone groups is 1. The quantitative estimate of drug-likeness (QED) is 0.827. The maximum Gasteiger partial charge on any atom is 0.327 e. The smallest absolute Gasteiger partial charge is 0.310 e. The first-order valence-electron chi connectivity index (χ1n) is 8.48. The molecule has 3 aliphatic heterocycles. The molecule has 3 heterocycles. The topological polar surface area (TPSA) is 71.5 Å². The third kappa shape index (κ3) is 2.32. The van der Waals surface area contributed by atoms with Gasteiger partial charge in [0, 0.05) is 27.2 Å². The minimum absolute atomic E-state index is 0.173. The summed E-state index contributed by atoms with van der Waals surface area (Å²) in [6.45, 7) is 3.29. The van der Waals surface area contributed by atoms with Gasteiger partial charge in [-0.2, -0.15) is 5.10 Å². The lowest BCUT2D eigenvalue weighted by atomic mass is 10.1. The summed E-state index contributed by atoms with van der Waals surface area (Å²) >= 11 is 0. The second kappa shape index (κ2) is 5.82. The molecular weight excluding hydrogens is 320 g/mol. The van der Waals surface area contributed by atoms with E-state index in [-0.39, 0.29) is 24.4 Å². The molecule has 1 N–H and O–H groups in total. The first-order valence-corrected chi connectivity index (χ1v) is 8.48. The molecule has 4 rings (SSSR count). The average molecular weight is 342 g/mol. The van der Waals surface area contributed by atoms with Crippen LogP contribution < -0.4 is 5.32 Å². The number of benzene rings is 1. The van der Waals surface area contributed by atoms with Crippen molar-refractivity contribution in [2.45, 2.75) is 25.4 Å². The number of hydrogen-bond donors (Lipinski definition) is 1. The van der Waals surface area contributed by atoms with Gasteiger partial charge in [0.25, 0.3) is 5.91 Å². The Labute approximate surface area is 146 Å². The van der Waals surface area contributed by atoms with Crippen molar-refractivity contribution in [1.29, 1.82) is 0 Å². The monoisotopic (exact) mass is 342 g/mol. The molecular formula is C17H22N6O2. The Balaban J connectivity index is 1.71. The lowest BCUT2D eigenvalue weighted by Crippen LogP contribution is -2.65. The summed E-state index contributed by atoms with van der Waals surface area (Å²) in [6.07, 6.45) is -0.543. The number of hydrogen-bond acceptors (Lipinski definition) is 6. The van der Waals surface area contributed by atoms with Gasteiger partial charge in [-0.05, 0) is 12.5 Å². The van der Waals surface area contributed by atoms with E-state index in [4.69, 9.17) is 5.10 Å². The zero-order valence-electron chi connectivity index (χ0n) is 14.6. The molecule has 8 heteroatoms. The first-order chi connectivity index (χ1) is 12.0. The number of amides is 3. The number of imide groups is 1. The third-order valence-electron chi connectivity index (χ3n) is 5.17. The molecule has 8 nitrogen and oxygen atoms in total. The van der Waals surface area contributed by atoms with Crippen molar-refractivity contribution >= 4 is 17.6 Å². The first kappa shape index (κ1) is 16.0. The molecule has 3 aliphatic rings. The van der Waals surface area contributed by atoms with Crippen LogP contribution in [-0.2, 0) is 4.79 Å². The number of nitrogens with zero attached hydrogens (tertiary/aromatic N) is 5. The van der Waals surface area contributed by atoms with Crippen LogP contribution in [-0.4, -0.2) is 83.0 Å². The lowest BCUT2D eigenvalue weighted by Gasteiger charge is -2.41. The van der Waals surface area contributed by atoms with E-state index < -0.39 is 6.04 Å². The molecule has 3 atom stereocenters. The second-order valence-corrected chi connectivity index (χ2v) is 6.56. The van der Waals surface area contributed by atoms with Gasteiger partial charge < -0.3 is 4.90 Å². The van der Waals surface area contributed by atoms with Crippen molar-refractivity contribution in [3.05, 3.63) is 35.9 Å². The van der Waals surface area contributed by atoms with E-state index in [1.165, 1.54) is 4.90 Å². The van der Waals surface area contributed by atoms with Crippen molar-refractivity contribution in [1.82, 2.24) is 25.0 Å². The molecule has 2 fully saturated rings. The Morgan fingerprint density at radius 1 is 1.20 bits per heavy atom. The highest BCUT2D eigenvalue weighted by Crippen LogP contribution is 2.30. The number of nitrogens with one attached hydrogen (secondary N) is 1. The molecule has 2 saturated heterocycles. The normalized spacial score (nSPS) is 29.6. The summed E-state index contributed by atoms with van der Waals surface area (Å²) in [5.74, 6) is -0.173. The number of likely N-dealkylation sites (N-methyl/N-ethyl adjacent to an activating group) is 2. The highest BCUT2D eigenvalue weighted by atomic mass is 16.2. The Hall–Kier alpha value is -2.45. The van der Waals surface area contributed by atoms with Gasteiger partial charge in [-0.3, -0.25) is 20.0 Å². The minimum atomic E-state index is -0.416. The van der Waals surface area contributed by atoms with Crippen LogP contribution >= 0.6 is 0 Å². The van der Waals surface area contributed by atoms with Crippen LogP contribution in [0.3, 0.4) is 0 Å². The molecule has 0 radical (unpaired) electrons. The summed E-state index contributed by atoms with van der Waals surface area (Å²) in [7, 11) is 3.27. The van der Waals surface area contributed by atoms with Crippen molar-refractivity contribution in [3.63, 3.8) is 0 Å². The Morgan fingerprint density at radius 3 is 2.60 bits per heavy atom. The number of urea groups is 1. The standard InChI is InChI=1S/C17H22N6O2/c1-4-23-16-18-14-13(15(24)21(3)17(25)20(14)2)22(16)10-12(19-23)11-8-6-5-7-9-11/h5-9,13-14,16,18H,4,10H2,1-3H3. The van der Waals surface area contributed by atoms with E-state index in [0.717, 1.165) is 11.3 Å². The van der Waals surface area contributed by atoms with Gasteiger partial charge in [-0.1, -0.05) is 30.3 Å². The Bertz CT molecular complexity index is 736. The lowest BCUT2D eigenvalue weighted by molar-refractivity contribution is -0.137. The van der Waals surface area contributed by atoms with Crippen LogP contribution in [0.15, 0.2) is 35.4 Å². The molecule has 0 spiro atoms. The molecule has 1 aromatic rings. The van der Waals surface area contributed by atoms with Crippen molar-refractivity contribution < 1.29 is 9.59 Å². The molecule has 3 unspecified atom stereocenters. The Kier molecular flexibility index (Phi) is 3.73.